The second-order valence-corrected chi connectivity index (χ2v) is 4.18. The Kier molecular flexibility index (Phi) is 4.56. The molecule has 0 heterocycles. The van der Waals surface area contributed by atoms with Gasteiger partial charge in [0.05, 0.1) is 25.3 Å². The molecule has 0 radical (unpaired) electrons. The summed E-state index contributed by atoms with van der Waals surface area (Å²) >= 11 is 0. The standard InChI is InChI=1S/C16H15NO4/c1-20-13-9-5-3-7-11(13)15(18)17-16(19)12-8-4-6-10-14(12)21-2/h3-10H,1-2H3,(H,17,18,19). The van der Waals surface area contributed by atoms with Crippen molar-refractivity contribution in [3.63, 3.8) is 0 Å². The largest absolute Gasteiger partial charge is 0.496 e. The van der Waals surface area contributed by atoms with Gasteiger partial charge in [0.2, 0.25) is 0 Å². The molecule has 5 heteroatoms. The smallest absolute Gasteiger partial charge is 0.261 e. The number of amides is 2. The van der Waals surface area contributed by atoms with E-state index in [0.29, 0.717) is 22.6 Å². The van der Waals surface area contributed by atoms with Crippen molar-refractivity contribution < 1.29 is 19.1 Å². The molecule has 0 aliphatic heterocycles. The third-order valence-corrected chi connectivity index (χ3v) is 2.93. The second-order valence-electron chi connectivity index (χ2n) is 4.18. The Labute approximate surface area is 122 Å². The fourth-order valence-electron chi connectivity index (χ4n) is 1.90. The zero-order valence-corrected chi connectivity index (χ0v) is 11.8. The van der Waals surface area contributed by atoms with E-state index in [1.807, 2.05) is 0 Å². The minimum absolute atomic E-state index is 0.295. The van der Waals surface area contributed by atoms with Crippen LogP contribution < -0.4 is 14.8 Å². The Bertz CT molecular complexity index is 609. The van der Waals surface area contributed by atoms with Gasteiger partial charge in [-0.3, -0.25) is 14.9 Å². The van der Waals surface area contributed by atoms with Crippen molar-refractivity contribution in [1.82, 2.24) is 5.32 Å². The fourth-order valence-corrected chi connectivity index (χ4v) is 1.90. The highest BCUT2D eigenvalue weighted by Crippen LogP contribution is 2.19. The minimum Gasteiger partial charge on any atom is -0.496 e. The lowest BCUT2D eigenvalue weighted by Gasteiger charge is -2.10. The van der Waals surface area contributed by atoms with Gasteiger partial charge in [0.1, 0.15) is 11.5 Å². The Morgan fingerprint density at radius 1 is 0.762 bits per heavy atom. The summed E-state index contributed by atoms with van der Waals surface area (Å²) < 4.78 is 10.2. The van der Waals surface area contributed by atoms with Gasteiger partial charge in [-0.25, -0.2) is 0 Å². The van der Waals surface area contributed by atoms with Crippen LogP contribution in [0.5, 0.6) is 11.5 Å². The third kappa shape index (κ3) is 3.20. The van der Waals surface area contributed by atoms with E-state index >= 15 is 0 Å². The zero-order valence-electron chi connectivity index (χ0n) is 11.8. The number of benzene rings is 2. The summed E-state index contributed by atoms with van der Waals surface area (Å²) in [5, 5.41) is 2.32. The lowest BCUT2D eigenvalue weighted by molar-refractivity contribution is 0.0846. The Hall–Kier alpha value is -2.82. The first kappa shape index (κ1) is 14.6. The summed E-state index contributed by atoms with van der Waals surface area (Å²) in [6.07, 6.45) is 0. The minimum atomic E-state index is -0.525. The average molecular weight is 285 g/mol. The molecule has 108 valence electrons. The number of carbonyl (C=O) groups is 2. The van der Waals surface area contributed by atoms with Crippen LogP contribution in [0, 0.1) is 0 Å². The van der Waals surface area contributed by atoms with Gasteiger partial charge in [0.15, 0.2) is 0 Å². The number of hydrogen-bond donors (Lipinski definition) is 1. The Morgan fingerprint density at radius 2 is 1.14 bits per heavy atom. The van der Waals surface area contributed by atoms with Gasteiger partial charge >= 0.3 is 0 Å². The second kappa shape index (κ2) is 6.56. The van der Waals surface area contributed by atoms with Crippen LogP contribution in [0.25, 0.3) is 0 Å². The first-order valence-electron chi connectivity index (χ1n) is 6.29. The maximum absolute atomic E-state index is 12.2. The zero-order chi connectivity index (χ0) is 15.2. The Morgan fingerprint density at radius 3 is 1.52 bits per heavy atom. The van der Waals surface area contributed by atoms with Crippen molar-refractivity contribution in [2.24, 2.45) is 0 Å². The average Bonchev–Trinajstić information content (AvgIpc) is 2.54. The van der Waals surface area contributed by atoms with E-state index < -0.39 is 11.8 Å². The molecule has 2 aromatic rings. The number of carbonyl (C=O) groups excluding carboxylic acids is 2. The van der Waals surface area contributed by atoms with E-state index in [1.165, 1.54) is 14.2 Å². The molecule has 0 fully saturated rings. The van der Waals surface area contributed by atoms with Crippen LogP contribution in [0.3, 0.4) is 0 Å². The van der Waals surface area contributed by atoms with Gasteiger partial charge in [-0.05, 0) is 24.3 Å². The van der Waals surface area contributed by atoms with Crippen LogP contribution in [0.2, 0.25) is 0 Å². The van der Waals surface area contributed by atoms with Crippen molar-refractivity contribution in [2.75, 3.05) is 14.2 Å². The predicted molar refractivity (Wildman–Crippen MR) is 77.8 cm³/mol. The molecule has 2 aromatic carbocycles. The molecule has 21 heavy (non-hydrogen) atoms. The van der Waals surface area contributed by atoms with Crippen LogP contribution in [-0.4, -0.2) is 26.0 Å². The maximum Gasteiger partial charge on any atom is 0.261 e. The third-order valence-electron chi connectivity index (χ3n) is 2.93. The molecule has 2 rings (SSSR count). The maximum atomic E-state index is 12.2. The predicted octanol–water partition coefficient (Wildman–Crippen LogP) is 2.27. The fraction of sp³-hybridized carbons (Fsp3) is 0.125. The van der Waals surface area contributed by atoms with Gasteiger partial charge in [-0.2, -0.15) is 0 Å². The number of para-hydroxylation sites is 2. The van der Waals surface area contributed by atoms with Crippen molar-refractivity contribution in [1.29, 1.82) is 0 Å². The van der Waals surface area contributed by atoms with Crippen molar-refractivity contribution in [2.45, 2.75) is 0 Å². The van der Waals surface area contributed by atoms with E-state index in [1.54, 1.807) is 48.5 Å². The van der Waals surface area contributed by atoms with Gasteiger partial charge in [-0.1, -0.05) is 24.3 Å². The van der Waals surface area contributed by atoms with Crippen LogP contribution in [-0.2, 0) is 0 Å². The molecule has 0 spiro atoms. The van der Waals surface area contributed by atoms with E-state index in [0.717, 1.165) is 0 Å². The summed E-state index contributed by atoms with van der Waals surface area (Å²) in [6.45, 7) is 0. The molecular weight excluding hydrogens is 270 g/mol. The number of rotatable bonds is 4. The summed E-state index contributed by atoms with van der Waals surface area (Å²) in [6, 6.07) is 13.4. The molecule has 0 aliphatic rings. The van der Waals surface area contributed by atoms with Crippen LogP contribution in [0.15, 0.2) is 48.5 Å². The van der Waals surface area contributed by atoms with Gasteiger partial charge in [0, 0.05) is 0 Å². The summed E-state index contributed by atoms with van der Waals surface area (Å²) in [5.74, 6) is -0.239. The molecule has 2 amide bonds. The van der Waals surface area contributed by atoms with Gasteiger partial charge in [-0.15, -0.1) is 0 Å². The summed E-state index contributed by atoms with van der Waals surface area (Å²) in [5.41, 5.74) is 0.589. The lowest BCUT2D eigenvalue weighted by atomic mass is 10.1. The monoisotopic (exact) mass is 285 g/mol. The first-order valence-corrected chi connectivity index (χ1v) is 6.29. The highest BCUT2D eigenvalue weighted by Gasteiger charge is 2.17. The number of nitrogens with one attached hydrogen (secondary N) is 1. The van der Waals surface area contributed by atoms with Crippen molar-refractivity contribution in [3.05, 3.63) is 59.7 Å². The Balaban J connectivity index is 2.21. The van der Waals surface area contributed by atoms with E-state index in [9.17, 15) is 9.59 Å². The topological polar surface area (TPSA) is 64.6 Å². The highest BCUT2D eigenvalue weighted by molar-refractivity contribution is 6.12. The quantitative estimate of drug-likeness (QED) is 0.875. The van der Waals surface area contributed by atoms with Crippen molar-refractivity contribution in [3.8, 4) is 11.5 Å². The SMILES string of the molecule is COc1ccccc1C(=O)NC(=O)c1ccccc1OC. The van der Waals surface area contributed by atoms with Gasteiger partial charge < -0.3 is 9.47 Å². The van der Waals surface area contributed by atoms with Gasteiger partial charge in [0.25, 0.3) is 11.8 Å². The van der Waals surface area contributed by atoms with Crippen LogP contribution in [0.4, 0.5) is 0 Å². The van der Waals surface area contributed by atoms with E-state index in [-0.39, 0.29) is 0 Å². The van der Waals surface area contributed by atoms with Crippen LogP contribution in [0.1, 0.15) is 20.7 Å². The molecule has 0 aromatic heterocycles. The molecule has 0 atom stereocenters. The summed E-state index contributed by atoms with van der Waals surface area (Å²) in [4.78, 5) is 24.3. The number of imide groups is 1. The molecular formula is C16H15NO4. The number of ether oxygens (including phenoxy) is 2. The van der Waals surface area contributed by atoms with E-state index in [4.69, 9.17) is 9.47 Å². The van der Waals surface area contributed by atoms with Crippen molar-refractivity contribution >= 4 is 11.8 Å². The number of hydrogen-bond acceptors (Lipinski definition) is 4. The van der Waals surface area contributed by atoms with Crippen LogP contribution >= 0.6 is 0 Å². The molecule has 0 saturated heterocycles. The molecule has 1 N–H and O–H groups in total. The van der Waals surface area contributed by atoms with E-state index in [2.05, 4.69) is 5.32 Å². The number of methoxy groups -OCH3 is 2. The highest BCUT2D eigenvalue weighted by atomic mass is 16.5. The lowest BCUT2D eigenvalue weighted by Crippen LogP contribution is -2.31. The molecule has 5 nitrogen and oxygen atoms in total. The molecule has 0 aliphatic carbocycles. The first-order chi connectivity index (χ1) is 10.2. The molecule has 0 saturated carbocycles. The molecule has 0 bridgehead atoms. The normalized spacial score (nSPS) is 9.81. The molecule has 0 unspecified atom stereocenters. The summed E-state index contributed by atoms with van der Waals surface area (Å²) in [7, 11) is 2.93.